The minimum atomic E-state index is -3.37. The molecule has 8 heteroatoms. The molecule has 1 aromatic carbocycles. The summed E-state index contributed by atoms with van der Waals surface area (Å²) in [7, 11) is -3.37. The van der Waals surface area contributed by atoms with E-state index in [0.717, 1.165) is 30.1 Å². The number of hydrogen-bond donors (Lipinski definition) is 2. The van der Waals surface area contributed by atoms with Crippen molar-refractivity contribution in [3.63, 3.8) is 0 Å². The van der Waals surface area contributed by atoms with E-state index >= 15 is 0 Å². The SMILES string of the molecule is CCCCCC(C)NC(=NCc1ccccc1CS(=O)(=O)N1CCOCC1)NCC. The third-order valence-corrected chi connectivity index (χ3v) is 7.02. The number of hydrogen-bond acceptors (Lipinski definition) is 4. The summed E-state index contributed by atoms with van der Waals surface area (Å²) in [4.78, 5) is 4.72. The van der Waals surface area contributed by atoms with Crippen molar-refractivity contribution in [1.82, 2.24) is 14.9 Å². The Bertz CT molecular complexity index is 761. The highest BCUT2D eigenvalue weighted by molar-refractivity contribution is 7.88. The fourth-order valence-corrected chi connectivity index (χ4v) is 5.02. The number of guanidine groups is 1. The molecule has 1 aliphatic rings. The Morgan fingerprint density at radius 1 is 1.17 bits per heavy atom. The van der Waals surface area contributed by atoms with Gasteiger partial charge < -0.3 is 15.4 Å². The summed E-state index contributed by atoms with van der Waals surface area (Å²) in [6.45, 7) is 9.40. The van der Waals surface area contributed by atoms with Crippen LogP contribution in [0.4, 0.5) is 0 Å². The van der Waals surface area contributed by atoms with Gasteiger partial charge in [-0.3, -0.25) is 0 Å². The van der Waals surface area contributed by atoms with Gasteiger partial charge in [-0.05, 0) is 31.4 Å². The normalized spacial score (nSPS) is 17.0. The minimum absolute atomic E-state index is 0.00389. The van der Waals surface area contributed by atoms with Gasteiger partial charge in [-0.2, -0.15) is 4.31 Å². The van der Waals surface area contributed by atoms with Crippen molar-refractivity contribution >= 4 is 16.0 Å². The van der Waals surface area contributed by atoms with Crippen molar-refractivity contribution in [2.24, 2.45) is 4.99 Å². The van der Waals surface area contributed by atoms with Gasteiger partial charge in [0, 0.05) is 25.7 Å². The molecule has 1 saturated heterocycles. The number of aliphatic imine (C=N–C) groups is 1. The molecule has 0 aromatic heterocycles. The van der Waals surface area contributed by atoms with Crippen LogP contribution in [0, 0.1) is 0 Å². The van der Waals surface area contributed by atoms with Gasteiger partial charge in [0.1, 0.15) is 0 Å². The fraction of sp³-hybridized carbons (Fsp3) is 0.682. The molecule has 0 saturated carbocycles. The molecule has 1 heterocycles. The van der Waals surface area contributed by atoms with E-state index in [1.807, 2.05) is 31.2 Å². The van der Waals surface area contributed by atoms with Gasteiger partial charge in [0.05, 0.1) is 25.5 Å². The van der Waals surface area contributed by atoms with E-state index < -0.39 is 10.0 Å². The van der Waals surface area contributed by atoms with Gasteiger partial charge in [-0.25, -0.2) is 13.4 Å². The third-order valence-electron chi connectivity index (χ3n) is 5.20. The number of unbranched alkanes of at least 4 members (excludes halogenated alkanes) is 2. The number of nitrogens with zero attached hydrogens (tertiary/aromatic N) is 2. The monoisotopic (exact) mass is 438 g/mol. The first-order valence-electron chi connectivity index (χ1n) is 11.1. The van der Waals surface area contributed by atoms with Gasteiger partial charge in [0.2, 0.25) is 10.0 Å². The lowest BCUT2D eigenvalue weighted by Crippen LogP contribution is -2.42. The van der Waals surface area contributed by atoms with Gasteiger partial charge >= 0.3 is 0 Å². The highest BCUT2D eigenvalue weighted by atomic mass is 32.2. The predicted molar refractivity (Wildman–Crippen MR) is 123 cm³/mol. The maximum absolute atomic E-state index is 12.8. The number of nitrogens with one attached hydrogen (secondary N) is 2. The van der Waals surface area contributed by atoms with Crippen molar-refractivity contribution in [1.29, 1.82) is 0 Å². The molecular weight excluding hydrogens is 400 g/mol. The smallest absolute Gasteiger partial charge is 0.218 e. The van der Waals surface area contributed by atoms with Crippen molar-refractivity contribution in [3.8, 4) is 0 Å². The second kappa shape index (κ2) is 12.9. The Hall–Kier alpha value is -1.64. The molecule has 1 aliphatic heterocycles. The van der Waals surface area contributed by atoms with Gasteiger partial charge in [0.25, 0.3) is 0 Å². The number of rotatable bonds is 11. The number of ether oxygens (including phenoxy) is 1. The molecule has 0 radical (unpaired) electrons. The second-order valence-electron chi connectivity index (χ2n) is 7.77. The molecule has 0 aliphatic carbocycles. The van der Waals surface area contributed by atoms with E-state index in [0.29, 0.717) is 38.9 Å². The molecule has 2 N–H and O–H groups in total. The molecule has 7 nitrogen and oxygen atoms in total. The molecule has 1 fully saturated rings. The lowest BCUT2D eigenvalue weighted by Gasteiger charge is -2.26. The fourth-order valence-electron chi connectivity index (χ4n) is 3.46. The second-order valence-corrected chi connectivity index (χ2v) is 9.74. The van der Waals surface area contributed by atoms with Crippen molar-refractivity contribution in [2.75, 3.05) is 32.8 Å². The zero-order valence-corrected chi connectivity index (χ0v) is 19.5. The Morgan fingerprint density at radius 3 is 2.53 bits per heavy atom. The van der Waals surface area contributed by atoms with E-state index in [-0.39, 0.29) is 5.75 Å². The van der Waals surface area contributed by atoms with Gasteiger partial charge in [-0.15, -0.1) is 0 Å². The quantitative estimate of drug-likeness (QED) is 0.315. The van der Waals surface area contributed by atoms with Crippen LogP contribution < -0.4 is 10.6 Å². The van der Waals surface area contributed by atoms with E-state index in [2.05, 4.69) is 24.5 Å². The van der Waals surface area contributed by atoms with Crippen LogP contribution >= 0.6 is 0 Å². The summed E-state index contributed by atoms with van der Waals surface area (Å²) < 4.78 is 32.5. The van der Waals surface area contributed by atoms with E-state index in [4.69, 9.17) is 9.73 Å². The molecule has 0 spiro atoms. The zero-order valence-electron chi connectivity index (χ0n) is 18.7. The van der Waals surface area contributed by atoms with Crippen molar-refractivity contribution in [3.05, 3.63) is 35.4 Å². The average molecular weight is 439 g/mol. The molecule has 1 atom stereocenters. The van der Waals surface area contributed by atoms with Crippen LogP contribution in [0.3, 0.4) is 0 Å². The molecule has 1 unspecified atom stereocenters. The van der Waals surface area contributed by atoms with Crippen molar-refractivity contribution < 1.29 is 13.2 Å². The molecule has 170 valence electrons. The molecule has 30 heavy (non-hydrogen) atoms. The average Bonchev–Trinajstić information content (AvgIpc) is 2.74. The summed E-state index contributed by atoms with van der Waals surface area (Å²) in [5.41, 5.74) is 1.74. The topological polar surface area (TPSA) is 83.0 Å². The Morgan fingerprint density at radius 2 is 1.87 bits per heavy atom. The van der Waals surface area contributed by atoms with E-state index in [1.165, 1.54) is 23.6 Å². The number of morpholine rings is 1. The molecule has 0 bridgehead atoms. The number of benzene rings is 1. The van der Waals surface area contributed by atoms with E-state index in [1.54, 1.807) is 0 Å². The maximum Gasteiger partial charge on any atom is 0.218 e. The van der Waals surface area contributed by atoms with E-state index in [9.17, 15) is 8.42 Å². The van der Waals surface area contributed by atoms with Crippen molar-refractivity contribution in [2.45, 2.75) is 64.8 Å². The first-order chi connectivity index (χ1) is 14.5. The summed E-state index contributed by atoms with van der Waals surface area (Å²) in [6.07, 6.45) is 4.76. The molecule has 1 aromatic rings. The summed E-state index contributed by atoms with van der Waals surface area (Å²) in [5.74, 6) is 0.767. The lowest BCUT2D eigenvalue weighted by atomic mass is 10.1. The highest BCUT2D eigenvalue weighted by Crippen LogP contribution is 2.17. The Kier molecular flexibility index (Phi) is 10.6. The lowest BCUT2D eigenvalue weighted by molar-refractivity contribution is 0.0729. The minimum Gasteiger partial charge on any atom is -0.379 e. The highest BCUT2D eigenvalue weighted by Gasteiger charge is 2.25. The van der Waals surface area contributed by atoms with Gasteiger partial charge in [-0.1, -0.05) is 50.5 Å². The van der Waals surface area contributed by atoms with Crippen LogP contribution in [0.2, 0.25) is 0 Å². The molecule has 2 rings (SSSR count). The largest absolute Gasteiger partial charge is 0.379 e. The van der Waals surface area contributed by atoms with Crippen LogP contribution in [0.5, 0.6) is 0 Å². The third kappa shape index (κ3) is 8.24. The zero-order chi connectivity index (χ0) is 21.8. The predicted octanol–water partition coefficient (Wildman–Crippen LogP) is 2.87. The van der Waals surface area contributed by atoms with Crippen LogP contribution in [0.15, 0.2) is 29.3 Å². The summed E-state index contributed by atoms with van der Waals surface area (Å²) in [6, 6.07) is 8.00. The Labute approximate surface area is 182 Å². The molecule has 0 amide bonds. The van der Waals surface area contributed by atoms with Crippen LogP contribution in [0.25, 0.3) is 0 Å². The first-order valence-corrected chi connectivity index (χ1v) is 12.7. The number of sulfonamides is 1. The standard InChI is InChI=1S/C22H38N4O3S/c1-4-6-7-10-19(3)25-22(23-5-2)24-17-20-11-8-9-12-21(20)18-30(27,28)26-13-15-29-16-14-26/h8-9,11-12,19H,4-7,10,13-18H2,1-3H3,(H2,23,24,25). The van der Waals surface area contributed by atoms with Gasteiger partial charge in [0.15, 0.2) is 5.96 Å². The van der Waals surface area contributed by atoms with Crippen LogP contribution in [-0.4, -0.2) is 57.6 Å². The first kappa shape index (κ1) is 24.6. The summed E-state index contributed by atoms with van der Waals surface area (Å²) in [5, 5.41) is 6.76. The molecular formula is C22H38N4O3S. The Balaban J connectivity index is 2.05. The van der Waals surface area contributed by atoms with Crippen LogP contribution in [-0.2, 0) is 27.1 Å². The summed E-state index contributed by atoms with van der Waals surface area (Å²) >= 11 is 0. The maximum atomic E-state index is 12.8. The van der Waals surface area contributed by atoms with Crippen LogP contribution in [0.1, 0.15) is 57.6 Å².